The average Bonchev–Trinajstić information content (AvgIpc) is 2.15. The molecule has 4 nitrogen and oxygen atoms in total. The lowest BCUT2D eigenvalue weighted by atomic mass is 10.2. The normalized spacial score (nSPS) is 10.5. The van der Waals surface area contributed by atoms with E-state index in [2.05, 4.69) is 0 Å². The van der Waals surface area contributed by atoms with Gasteiger partial charge in [-0.3, -0.25) is 0 Å². The molecular weight excluding hydrogens is 252 g/mol. The van der Waals surface area contributed by atoms with E-state index < -0.39 is 5.60 Å². The van der Waals surface area contributed by atoms with E-state index >= 15 is 0 Å². The predicted molar refractivity (Wildman–Crippen MR) is 66.8 cm³/mol. The maximum Gasteiger partial charge on any atom is 0.373 e. The van der Waals surface area contributed by atoms with Crippen molar-refractivity contribution in [2.75, 3.05) is 19.0 Å². The van der Waals surface area contributed by atoms with Gasteiger partial charge in [0, 0.05) is 31.9 Å². The van der Waals surface area contributed by atoms with Gasteiger partial charge >= 0.3 is 5.97 Å². The summed E-state index contributed by atoms with van der Waals surface area (Å²) >= 11 is 0. The Bertz CT molecular complexity index is 383. The number of hydrogen-bond donors (Lipinski definition) is 0. The summed E-state index contributed by atoms with van der Waals surface area (Å²) in [6.07, 6.45) is 3.75. The number of carbonyl (C=O) groups is 1. The molecular formula is C13H21ClN2O2. The fourth-order valence-corrected chi connectivity index (χ4v) is 1.38. The second kappa shape index (κ2) is 6.59. The second-order valence-corrected chi connectivity index (χ2v) is 5.21. The van der Waals surface area contributed by atoms with Gasteiger partial charge in [0.1, 0.15) is 5.60 Å². The monoisotopic (exact) mass is 272 g/mol. The van der Waals surface area contributed by atoms with E-state index in [1.807, 2.05) is 64.3 Å². The van der Waals surface area contributed by atoms with E-state index in [1.165, 1.54) is 0 Å². The quantitative estimate of drug-likeness (QED) is 0.490. The maximum absolute atomic E-state index is 11.6. The summed E-state index contributed by atoms with van der Waals surface area (Å²) in [7, 11) is 3.96. The zero-order valence-corrected chi connectivity index (χ0v) is 12.4. The highest BCUT2D eigenvalue weighted by molar-refractivity contribution is 5.68. The van der Waals surface area contributed by atoms with Crippen molar-refractivity contribution in [3.63, 3.8) is 0 Å². The van der Waals surface area contributed by atoms with Crippen molar-refractivity contribution in [1.29, 1.82) is 0 Å². The summed E-state index contributed by atoms with van der Waals surface area (Å²) < 4.78 is 7.06. The lowest BCUT2D eigenvalue weighted by molar-refractivity contribution is -0.686. The van der Waals surface area contributed by atoms with Gasteiger partial charge in [-0.25, -0.2) is 4.79 Å². The minimum Gasteiger partial charge on any atom is -1.00 e. The van der Waals surface area contributed by atoms with Crippen LogP contribution >= 0.6 is 0 Å². The molecule has 0 atom stereocenters. The highest BCUT2D eigenvalue weighted by Crippen LogP contribution is 2.08. The molecule has 0 unspecified atom stereocenters. The number of ether oxygens (including phenoxy) is 1. The van der Waals surface area contributed by atoms with E-state index in [4.69, 9.17) is 4.74 Å². The SMILES string of the molecule is CN(C)c1cc[n+](CC(=O)OC(C)(C)C)cc1.[Cl-]. The average molecular weight is 273 g/mol. The Morgan fingerprint density at radius 1 is 1.28 bits per heavy atom. The van der Waals surface area contributed by atoms with Gasteiger partial charge in [-0.2, -0.15) is 4.57 Å². The second-order valence-electron chi connectivity index (χ2n) is 5.21. The Balaban J connectivity index is 0.00000289. The number of esters is 1. The first-order chi connectivity index (χ1) is 7.78. The minimum absolute atomic E-state index is 0. The van der Waals surface area contributed by atoms with Crippen molar-refractivity contribution in [3.05, 3.63) is 24.5 Å². The van der Waals surface area contributed by atoms with Crippen LogP contribution in [0, 0.1) is 0 Å². The molecule has 1 rings (SSSR count). The Labute approximate surface area is 115 Å². The van der Waals surface area contributed by atoms with Crippen LogP contribution in [0.15, 0.2) is 24.5 Å². The van der Waals surface area contributed by atoms with Gasteiger partial charge in [-0.1, -0.05) is 0 Å². The van der Waals surface area contributed by atoms with E-state index in [1.54, 1.807) is 4.57 Å². The molecule has 0 saturated heterocycles. The largest absolute Gasteiger partial charge is 1.00 e. The van der Waals surface area contributed by atoms with E-state index in [9.17, 15) is 4.79 Å². The first-order valence-corrected chi connectivity index (χ1v) is 5.66. The van der Waals surface area contributed by atoms with Crippen molar-refractivity contribution in [3.8, 4) is 0 Å². The molecule has 0 radical (unpaired) electrons. The number of carbonyl (C=O) groups excluding carboxylic acids is 1. The fraction of sp³-hybridized carbons (Fsp3) is 0.538. The first-order valence-electron chi connectivity index (χ1n) is 5.66. The van der Waals surface area contributed by atoms with Crippen LogP contribution in [0.5, 0.6) is 0 Å². The highest BCUT2D eigenvalue weighted by atomic mass is 35.5. The Morgan fingerprint density at radius 2 is 1.78 bits per heavy atom. The summed E-state index contributed by atoms with van der Waals surface area (Å²) in [5.74, 6) is -0.222. The lowest BCUT2D eigenvalue weighted by Crippen LogP contribution is -3.00. The Hall–Kier alpha value is -1.29. The molecule has 0 aromatic carbocycles. The smallest absolute Gasteiger partial charge is 0.373 e. The van der Waals surface area contributed by atoms with E-state index in [-0.39, 0.29) is 24.9 Å². The molecule has 1 heterocycles. The maximum atomic E-state index is 11.6. The molecule has 0 spiro atoms. The third-order valence-electron chi connectivity index (χ3n) is 2.12. The topological polar surface area (TPSA) is 33.4 Å². The number of halogens is 1. The summed E-state index contributed by atoms with van der Waals surface area (Å²) in [5, 5.41) is 0. The summed E-state index contributed by atoms with van der Waals surface area (Å²) in [5.41, 5.74) is 0.673. The van der Waals surface area contributed by atoms with Crippen molar-refractivity contribution in [2.24, 2.45) is 0 Å². The summed E-state index contributed by atoms with van der Waals surface area (Å²) in [6, 6.07) is 3.93. The van der Waals surface area contributed by atoms with E-state index in [0.717, 1.165) is 5.69 Å². The number of nitrogens with zero attached hydrogens (tertiary/aromatic N) is 2. The molecule has 0 fully saturated rings. The van der Waals surface area contributed by atoms with Crippen LogP contribution < -0.4 is 21.9 Å². The molecule has 5 heteroatoms. The molecule has 1 aromatic rings. The Morgan fingerprint density at radius 3 is 2.17 bits per heavy atom. The number of rotatable bonds is 3. The van der Waals surface area contributed by atoms with Gasteiger partial charge in [0.05, 0.1) is 0 Å². The van der Waals surface area contributed by atoms with Crippen molar-refractivity contribution in [2.45, 2.75) is 32.9 Å². The van der Waals surface area contributed by atoms with Gasteiger partial charge in [0.15, 0.2) is 12.4 Å². The van der Waals surface area contributed by atoms with Crippen LogP contribution in [0.25, 0.3) is 0 Å². The molecule has 1 aromatic heterocycles. The summed E-state index contributed by atoms with van der Waals surface area (Å²) in [6.45, 7) is 5.84. The molecule has 0 aliphatic rings. The third-order valence-corrected chi connectivity index (χ3v) is 2.12. The van der Waals surface area contributed by atoms with Crippen molar-refractivity contribution < 1.29 is 26.5 Å². The van der Waals surface area contributed by atoms with E-state index in [0.29, 0.717) is 0 Å². The highest BCUT2D eigenvalue weighted by Gasteiger charge is 2.19. The molecule has 0 amide bonds. The number of pyridine rings is 1. The predicted octanol–water partition coefficient (Wildman–Crippen LogP) is -1.61. The van der Waals surface area contributed by atoms with Gasteiger partial charge in [0.2, 0.25) is 6.54 Å². The molecule has 0 N–H and O–H groups in total. The van der Waals surface area contributed by atoms with Gasteiger partial charge in [0.25, 0.3) is 0 Å². The first kappa shape index (κ1) is 16.7. The number of anilines is 1. The zero-order valence-electron chi connectivity index (χ0n) is 11.6. The lowest BCUT2D eigenvalue weighted by Gasteiger charge is -2.18. The van der Waals surface area contributed by atoms with Crippen molar-refractivity contribution >= 4 is 11.7 Å². The van der Waals surface area contributed by atoms with Gasteiger partial charge in [-0.05, 0) is 20.8 Å². The molecule has 0 bridgehead atoms. The van der Waals surface area contributed by atoms with Crippen molar-refractivity contribution in [1.82, 2.24) is 0 Å². The molecule has 0 aliphatic heterocycles. The number of hydrogen-bond acceptors (Lipinski definition) is 3. The van der Waals surface area contributed by atoms with Crippen LogP contribution in [-0.2, 0) is 16.1 Å². The molecule has 18 heavy (non-hydrogen) atoms. The molecule has 102 valence electrons. The zero-order chi connectivity index (χ0) is 13.1. The number of aromatic nitrogens is 1. The standard InChI is InChI=1S/C13H21N2O2.ClH/c1-13(2,3)17-12(16)10-15-8-6-11(7-9-15)14(4)5;/h6-9H,10H2,1-5H3;1H/q+1;/p-1. The van der Waals surface area contributed by atoms with Gasteiger partial charge < -0.3 is 22.0 Å². The van der Waals surface area contributed by atoms with Crippen LogP contribution in [0.4, 0.5) is 5.69 Å². The molecule has 0 aliphatic carbocycles. The summed E-state index contributed by atoms with van der Waals surface area (Å²) in [4.78, 5) is 13.6. The van der Waals surface area contributed by atoms with Crippen LogP contribution in [-0.4, -0.2) is 25.7 Å². The van der Waals surface area contributed by atoms with Gasteiger partial charge in [-0.15, -0.1) is 0 Å². The third kappa shape index (κ3) is 5.87. The van der Waals surface area contributed by atoms with Crippen LogP contribution in [0.1, 0.15) is 20.8 Å². The Kier molecular flexibility index (Phi) is 6.12. The molecule has 0 saturated carbocycles. The minimum atomic E-state index is -0.429. The van der Waals surface area contributed by atoms with Crippen LogP contribution in [0.3, 0.4) is 0 Å². The fourth-order valence-electron chi connectivity index (χ4n) is 1.38. The van der Waals surface area contributed by atoms with Crippen LogP contribution in [0.2, 0.25) is 0 Å².